The molecule has 2 N–H and O–H groups in total. The average Bonchev–Trinajstić information content (AvgIpc) is 2.07. The van der Waals surface area contributed by atoms with Gasteiger partial charge in [-0.1, -0.05) is 0 Å². The van der Waals surface area contributed by atoms with Gasteiger partial charge in [-0.05, 0) is 22.0 Å². The molecule has 0 aliphatic carbocycles. The van der Waals surface area contributed by atoms with E-state index in [1.807, 2.05) is 6.07 Å². The van der Waals surface area contributed by atoms with Crippen molar-refractivity contribution in [3.63, 3.8) is 0 Å². The van der Waals surface area contributed by atoms with Gasteiger partial charge in [0.05, 0.1) is 6.61 Å². The first-order valence-corrected chi connectivity index (χ1v) is 4.60. The number of nitrogens with two attached hydrogens (primary N) is 1. The van der Waals surface area contributed by atoms with Crippen molar-refractivity contribution in [2.45, 2.75) is 12.5 Å². The van der Waals surface area contributed by atoms with E-state index in [9.17, 15) is 0 Å². The van der Waals surface area contributed by atoms with Crippen LogP contribution >= 0.6 is 15.9 Å². The number of hydrogen-bond acceptors (Lipinski definition) is 3. The van der Waals surface area contributed by atoms with Crippen LogP contribution in [-0.2, 0) is 0 Å². The second-order valence-corrected chi connectivity index (χ2v) is 3.71. The van der Waals surface area contributed by atoms with E-state index in [4.69, 9.17) is 10.5 Å². The molecule has 3 nitrogen and oxygen atoms in total. The zero-order chi connectivity index (χ0) is 8.55. The summed E-state index contributed by atoms with van der Waals surface area (Å²) in [6, 6.07) is 2.03. The number of halogens is 1. The maximum atomic E-state index is 5.87. The molecule has 0 spiro atoms. The number of hydrogen-bond donors (Lipinski definition) is 1. The molecule has 1 aromatic heterocycles. The van der Waals surface area contributed by atoms with Gasteiger partial charge in [0.2, 0.25) is 5.88 Å². The molecule has 64 valence electrons. The van der Waals surface area contributed by atoms with Crippen LogP contribution in [0.2, 0.25) is 0 Å². The summed E-state index contributed by atoms with van der Waals surface area (Å²) < 4.78 is 6.28. The van der Waals surface area contributed by atoms with E-state index in [2.05, 4.69) is 20.9 Å². The van der Waals surface area contributed by atoms with Crippen LogP contribution in [-0.4, -0.2) is 11.6 Å². The third-order valence-corrected chi connectivity index (χ3v) is 2.35. The van der Waals surface area contributed by atoms with Gasteiger partial charge in [0.25, 0.3) is 0 Å². The van der Waals surface area contributed by atoms with Crippen molar-refractivity contribution in [1.29, 1.82) is 0 Å². The zero-order valence-electron chi connectivity index (χ0n) is 6.46. The van der Waals surface area contributed by atoms with Crippen LogP contribution in [0.3, 0.4) is 0 Å². The van der Waals surface area contributed by atoms with E-state index < -0.39 is 0 Å². The van der Waals surface area contributed by atoms with Gasteiger partial charge in [-0.15, -0.1) is 0 Å². The molecule has 2 heterocycles. The fraction of sp³-hybridized carbons (Fsp3) is 0.375. The van der Waals surface area contributed by atoms with Gasteiger partial charge >= 0.3 is 0 Å². The van der Waals surface area contributed by atoms with E-state index in [1.54, 1.807) is 6.20 Å². The van der Waals surface area contributed by atoms with E-state index in [1.165, 1.54) is 0 Å². The summed E-state index contributed by atoms with van der Waals surface area (Å²) in [5.41, 5.74) is 6.87. The number of nitrogens with zero attached hydrogens (tertiary/aromatic N) is 1. The lowest BCUT2D eigenvalue weighted by atomic mass is 10.1. The third-order valence-electron chi connectivity index (χ3n) is 1.91. The van der Waals surface area contributed by atoms with Crippen LogP contribution in [0.15, 0.2) is 16.7 Å². The molecule has 0 bridgehead atoms. The summed E-state index contributed by atoms with van der Waals surface area (Å²) in [6.07, 6.45) is 2.59. The Hall–Kier alpha value is -0.610. The fourth-order valence-electron chi connectivity index (χ4n) is 1.27. The van der Waals surface area contributed by atoms with Crippen molar-refractivity contribution in [3.8, 4) is 5.88 Å². The summed E-state index contributed by atoms with van der Waals surface area (Å²) >= 11 is 3.34. The standard InChI is InChI=1S/C8H9BrN2O/c9-5-3-6-7(10)1-2-12-8(6)11-4-5/h3-4,7H,1-2,10H2/t7-/m1/s1. The number of fused-ring (bicyclic) bond motifs is 1. The number of pyridine rings is 1. The molecule has 2 rings (SSSR count). The lowest BCUT2D eigenvalue weighted by molar-refractivity contribution is 0.257. The highest BCUT2D eigenvalue weighted by atomic mass is 79.9. The van der Waals surface area contributed by atoms with Gasteiger partial charge in [0.15, 0.2) is 0 Å². The highest BCUT2D eigenvalue weighted by molar-refractivity contribution is 9.10. The van der Waals surface area contributed by atoms with Crippen LogP contribution in [0.1, 0.15) is 18.0 Å². The largest absolute Gasteiger partial charge is 0.477 e. The monoisotopic (exact) mass is 228 g/mol. The lowest BCUT2D eigenvalue weighted by Crippen LogP contribution is -2.21. The molecule has 0 fully saturated rings. The van der Waals surface area contributed by atoms with E-state index in [0.29, 0.717) is 12.5 Å². The molecule has 0 radical (unpaired) electrons. The molecule has 4 heteroatoms. The molecule has 0 unspecified atom stereocenters. The van der Waals surface area contributed by atoms with Crippen molar-refractivity contribution >= 4 is 15.9 Å². The number of ether oxygens (including phenoxy) is 1. The summed E-state index contributed by atoms with van der Waals surface area (Å²) in [6.45, 7) is 0.669. The molecule has 1 aliphatic rings. The second-order valence-electron chi connectivity index (χ2n) is 2.79. The van der Waals surface area contributed by atoms with Crippen LogP contribution in [0.5, 0.6) is 5.88 Å². The minimum Gasteiger partial charge on any atom is -0.477 e. The molecule has 0 aromatic carbocycles. The second kappa shape index (κ2) is 3.03. The van der Waals surface area contributed by atoms with Crippen molar-refractivity contribution in [2.24, 2.45) is 5.73 Å². The van der Waals surface area contributed by atoms with Crippen molar-refractivity contribution < 1.29 is 4.74 Å². The van der Waals surface area contributed by atoms with Gasteiger partial charge in [0.1, 0.15) is 0 Å². The van der Waals surface area contributed by atoms with Crippen molar-refractivity contribution in [2.75, 3.05) is 6.61 Å². The van der Waals surface area contributed by atoms with Crippen LogP contribution in [0.25, 0.3) is 0 Å². The Morgan fingerprint density at radius 2 is 2.50 bits per heavy atom. The Kier molecular flexibility index (Phi) is 2.02. The Morgan fingerprint density at radius 3 is 3.33 bits per heavy atom. The molecule has 1 aliphatic heterocycles. The fourth-order valence-corrected chi connectivity index (χ4v) is 1.62. The number of aromatic nitrogens is 1. The molecular weight excluding hydrogens is 220 g/mol. The van der Waals surface area contributed by atoms with Gasteiger partial charge in [-0.25, -0.2) is 4.98 Å². The van der Waals surface area contributed by atoms with Gasteiger partial charge in [-0.2, -0.15) is 0 Å². The minimum absolute atomic E-state index is 0.0683. The molecule has 0 saturated heterocycles. The third kappa shape index (κ3) is 1.32. The number of rotatable bonds is 0. The molecule has 0 saturated carbocycles. The van der Waals surface area contributed by atoms with E-state index >= 15 is 0 Å². The first kappa shape index (κ1) is 8.01. The average molecular weight is 229 g/mol. The van der Waals surface area contributed by atoms with Crippen LogP contribution in [0, 0.1) is 0 Å². The summed E-state index contributed by atoms with van der Waals surface area (Å²) in [5.74, 6) is 0.678. The SMILES string of the molecule is N[C@@H]1CCOc2ncc(Br)cc21. The lowest BCUT2D eigenvalue weighted by Gasteiger charge is -2.21. The zero-order valence-corrected chi connectivity index (χ0v) is 8.04. The van der Waals surface area contributed by atoms with Crippen LogP contribution < -0.4 is 10.5 Å². The molecular formula is C8H9BrN2O. The predicted octanol–water partition coefficient (Wildman–Crippen LogP) is 1.63. The normalized spacial score (nSPS) is 21.3. The highest BCUT2D eigenvalue weighted by Crippen LogP contribution is 2.30. The maximum absolute atomic E-state index is 5.87. The highest BCUT2D eigenvalue weighted by Gasteiger charge is 2.18. The van der Waals surface area contributed by atoms with Crippen molar-refractivity contribution in [1.82, 2.24) is 4.98 Å². The van der Waals surface area contributed by atoms with Crippen LogP contribution in [0.4, 0.5) is 0 Å². The summed E-state index contributed by atoms with van der Waals surface area (Å²) in [5, 5.41) is 0. The Bertz CT molecular complexity index is 303. The quantitative estimate of drug-likeness (QED) is 0.735. The predicted molar refractivity (Wildman–Crippen MR) is 49.0 cm³/mol. The van der Waals surface area contributed by atoms with Gasteiger partial charge in [-0.3, -0.25) is 0 Å². The minimum atomic E-state index is 0.0683. The molecule has 12 heavy (non-hydrogen) atoms. The molecule has 1 aromatic rings. The Balaban J connectivity index is 2.47. The van der Waals surface area contributed by atoms with E-state index in [-0.39, 0.29) is 6.04 Å². The summed E-state index contributed by atoms with van der Waals surface area (Å²) in [4.78, 5) is 4.12. The first-order valence-electron chi connectivity index (χ1n) is 3.81. The Morgan fingerprint density at radius 1 is 1.67 bits per heavy atom. The Labute approximate surface area is 79.1 Å². The first-order chi connectivity index (χ1) is 5.77. The molecule has 0 amide bonds. The topological polar surface area (TPSA) is 48.1 Å². The van der Waals surface area contributed by atoms with Crippen molar-refractivity contribution in [3.05, 3.63) is 22.3 Å². The van der Waals surface area contributed by atoms with Gasteiger partial charge < -0.3 is 10.5 Å². The maximum Gasteiger partial charge on any atom is 0.218 e. The van der Waals surface area contributed by atoms with Gasteiger partial charge in [0, 0.05) is 28.7 Å². The summed E-state index contributed by atoms with van der Waals surface area (Å²) in [7, 11) is 0. The van der Waals surface area contributed by atoms with E-state index in [0.717, 1.165) is 16.5 Å². The smallest absolute Gasteiger partial charge is 0.218 e. The molecule has 1 atom stereocenters.